The highest BCUT2D eigenvalue weighted by atomic mass is 31.2. The molecule has 90 valence electrons. The van der Waals surface area contributed by atoms with Gasteiger partial charge in [0.1, 0.15) is 5.78 Å². The highest BCUT2D eigenvalue weighted by Crippen LogP contribution is 2.39. The average molecular weight is 238 g/mol. The highest BCUT2D eigenvalue weighted by molar-refractivity contribution is 7.52. The Hall–Kier alpha value is -0.420. The second-order valence-electron chi connectivity index (χ2n) is 4.01. The first-order chi connectivity index (χ1) is 6.64. The summed E-state index contributed by atoms with van der Waals surface area (Å²) in [5.41, 5.74) is 5.54. The summed E-state index contributed by atoms with van der Waals surface area (Å²) in [6.45, 7) is 5.08. The Morgan fingerprint density at radius 1 is 1.40 bits per heavy atom. The van der Waals surface area contributed by atoms with E-state index < -0.39 is 25.3 Å². The molecular weight excluding hydrogens is 219 g/mol. The maximum atomic E-state index is 11.4. The molecule has 0 saturated heterocycles. The Morgan fingerprint density at radius 2 is 1.87 bits per heavy atom. The molecule has 0 heterocycles. The molecule has 0 radical (unpaired) electrons. The van der Waals surface area contributed by atoms with Crippen LogP contribution in [0.1, 0.15) is 27.2 Å². The predicted octanol–water partition coefficient (Wildman–Crippen LogP) is -0.000300. The summed E-state index contributed by atoms with van der Waals surface area (Å²) >= 11 is 0. The van der Waals surface area contributed by atoms with E-state index in [1.807, 2.05) is 13.8 Å². The fourth-order valence-corrected chi connectivity index (χ4v) is 1.31. The number of nitrogens with one attached hydrogen (secondary N) is 1. The summed E-state index contributed by atoms with van der Waals surface area (Å²) in [6.07, 6.45) is 0.486. The monoisotopic (exact) mass is 238 g/mol. The number of amides is 1. The number of rotatable bonds is 5. The van der Waals surface area contributed by atoms with Gasteiger partial charge in [0.15, 0.2) is 0 Å². The molecule has 15 heavy (non-hydrogen) atoms. The lowest BCUT2D eigenvalue weighted by molar-refractivity contribution is -0.122. The van der Waals surface area contributed by atoms with E-state index in [2.05, 4.69) is 5.32 Å². The van der Waals surface area contributed by atoms with E-state index in [9.17, 15) is 9.36 Å². The molecule has 0 saturated carbocycles. The van der Waals surface area contributed by atoms with Crippen molar-refractivity contribution in [2.45, 2.75) is 39.0 Å². The molecule has 0 aliphatic rings. The minimum atomic E-state index is -4.27. The normalized spacial score (nSPS) is 16.2. The number of carbonyl (C=O) groups excluding carboxylic acids is 1. The predicted molar refractivity (Wildman–Crippen MR) is 57.1 cm³/mol. The number of carbonyl (C=O) groups is 1. The van der Waals surface area contributed by atoms with Crippen LogP contribution < -0.4 is 11.1 Å². The Kier molecular flexibility index (Phi) is 5.45. The topological polar surface area (TPSA) is 113 Å². The second kappa shape index (κ2) is 5.61. The van der Waals surface area contributed by atoms with Gasteiger partial charge in [0.25, 0.3) is 0 Å². The van der Waals surface area contributed by atoms with E-state index >= 15 is 0 Å². The molecule has 2 atom stereocenters. The van der Waals surface area contributed by atoms with Gasteiger partial charge in [0.2, 0.25) is 5.91 Å². The Bertz CT molecular complexity index is 263. The van der Waals surface area contributed by atoms with Gasteiger partial charge in [0.05, 0.1) is 6.04 Å². The first-order valence-corrected chi connectivity index (χ1v) is 6.44. The molecule has 0 fully saturated rings. The molecule has 0 aliphatic heterocycles. The van der Waals surface area contributed by atoms with Crippen LogP contribution in [0, 0.1) is 5.92 Å². The third-order valence-corrected chi connectivity index (χ3v) is 3.06. The highest BCUT2D eigenvalue weighted by Gasteiger charge is 2.27. The average Bonchev–Trinajstić information content (AvgIpc) is 2.00. The van der Waals surface area contributed by atoms with Crippen LogP contribution in [-0.2, 0) is 9.36 Å². The summed E-state index contributed by atoms with van der Waals surface area (Å²) in [4.78, 5) is 28.9. The first-order valence-electron chi connectivity index (χ1n) is 4.75. The lowest BCUT2D eigenvalue weighted by atomic mass is 10.0. The fraction of sp³-hybridized carbons (Fsp3) is 0.875. The van der Waals surface area contributed by atoms with Crippen molar-refractivity contribution in [2.75, 3.05) is 0 Å². The van der Waals surface area contributed by atoms with Gasteiger partial charge in [-0.05, 0) is 19.3 Å². The summed E-state index contributed by atoms with van der Waals surface area (Å²) in [5, 5.41) is 2.20. The molecule has 0 spiro atoms. The molecule has 0 bridgehead atoms. The van der Waals surface area contributed by atoms with Crippen molar-refractivity contribution in [3.05, 3.63) is 0 Å². The van der Waals surface area contributed by atoms with Crippen LogP contribution in [0.4, 0.5) is 0 Å². The van der Waals surface area contributed by atoms with Crippen molar-refractivity contribution in [1.82, 2.24) is 5.32 Å². The zero-order valence-corrected chi connectivity index (χ0v) is 10.1. The molecule has 7 heteroatoms. The maximum absolute atomic E-state index is 11.4. The molecule has 0 rings (SSSR count). The van der Waals surface area contributed by atoms with Crippen LogP contribution in [0.3, 0.4) is 0 Å². The van der Waals surface area contributed by atoms with E-state index in [-0.39, 0.29) is 5.92 Å². The molecule has 1 amide bonds. The third kappa shape index (κ3) is 5.89. The first kappa shape index (κ1) is 14.6. The summed E-state index contributed by atoms with van der Waals surface area (Å²) in [5.74, 6) is -1.46. The van der Waals surface area contributed by atoms with Crippen LogP contribution in [0.5, 0.6) is 0 Å². The van der Waals surface area contributed by atoms with Crippen LogP contribution in [0.2, 0.25) is 0 Å². The molecule has 0 aromatic rings. The Balaban J connectivity index is 4.20. The summed E-state index contributed by atoms with van der Waals surface area (Å²) < 4.78 is 10.8. The van der Waals surface area contributed by atoms with Gasteiger partial charge in [0, 0.05) is 0 Å². The van der Waals surface area contributed by atoms with Crippen molar-refractivity contribution >= 4 is 13.5 Å². The number of hydrogen-bond acceptors (Lipinski definition) is 3. The largest absolute Gasteiger partial charge is 0.347 e. The van der Waals surface area contributed by atoms with Gasteiger partial charge in [-0.2, -0.15) is 0 Å². The Labute approximate surface area is 89.4 Å². The van der Waals surface area contributed by atoms with Crippen molar-refractivity contribution < 1.29 is 19.1 Å². The van der Waals surface area contributed by atoms with Gasteiger partial charge >= 0.3 is 7.60 Å². The zero-order valence-electron chi connectivity index (χ0n) is 9.17. The molecule has 0 aromatic heterocycles. The standard InChI is InChI=1S/C8H19N2O4P/c1-5(2)4-7(9)8(11)10-6(3)15(12,13)14/h5-7H,4,9H2,1-3H3,(H,10,11)(H2,12,13,14)/t6?,7-/m0/s1. The van der Waals surface area contributed by atoms with E-state index in [4.69, 9.17) is 15.5 Å². The van der Waals surface area contributed by atoms with Gasteiger partial charge < -0.3 is 20.8 Å². The Morgan fingerprint density at radius 3 is 2.20 bits per heavy atom. The van der Waals surface area contributed by atoms with E-state index in [1.54, 1.807) is 0 Å². The zero-order chi connectivity index (χ0) is 12.2. The van der Waals surface area contributed by atoms with Crippen LogP contribution in [0.25, 0.3) is 0 Å². The number of nitrogens with two attached hydrogens (primary N) is 1. The van der Waals surface area contributed by atoms with Crippen molar-refractivity contribution in [3.8, 4) is 0 Å². The van der Waals surface area contributed by atoms with E-state index in [0.29, 0.717) is 6.42 Å². The summed E-state index contributed by atoms with van der Waals surface area (Å²) in [6, 6.07) is -0.723. The molecule has 6 nitrogen and oxygen atoms in total. The SMILES string of the molecule is CC(C)C[C@H](N)C(=O)NC(C)P(=O)(O)O. The quantitative estimate of drug-likeness (QED) is 0.503. The smallest absolute Gasteiger partial charge is 0.341 e. The van der Waals surface area contributed by atoms with Gasteiger partial charge in [-0.25, -0.2) is 0 Å². The van der Waals surface area contributed by atoms with Crippen LogP contribution in [0.15, 0.2) is 0 Å². The molecular formula is C8H19N2O4P. The minimum absolute atomic E-state index is 0.260. The number of hydrogen-bond donors (Lipinski definition) is 4. The minimum Gasteiger partial charge on any atom is -0.341 e. The summed E-state index contributed by atoms with van der Waals surface area (Å²) in [7, 11) is -4.27. The fourth-order valence-electron chi connectivity index (χ4n) is 1.01. The van der Waals surface area contributed by atoms with Crippen molar-refractivity contribution in [2.24, 2.45) is 11.7 Å². The molecule has 0 aliphatic carbocycles. The molecule has 5 N–H and O–H groups in total. The van der Waals surface area contributed by atoms with Gasteiger partial charge in [-0.15, -0.1) is 0 Å². The van der Waals surface area contributed by atoms with Gasteiger partial charge in [-0.3, -0.25) is 9.36 Å². The second-order valence-corrected chi connectivity index (χ2v) is 5.96. The van der Waals surface area contributed by atoms with Crippen LogP contribution >= 0.6 is 7.60 Å². The lowest BCUT2D eigenvalue weighted by Crippen LogP contribution is -2.44. The van der Waals surface area contributed by atoms with Crippen molar-refractivity contribution in [3.63, 3.8) is 0 Å². The van der Waals surface area contributed by atoms with Crippen LogP contribution in [-0.4, -0.2) is 27.5 Å². The molecule has 0 aromatic carbocycles. The van der Waals surface area contributed by atoms with E-state index in [0.717, 1.165) is 0 Å². The maximum Gasteiger partial charge on any atom is 0.347 e. The third-order valence-electron chi connectivity index (χ3n) is 1.92. The lowest BCUT2D eigenvalue weighted by Gasteiger charge is -2.19. The van der Waals surface area contributed by atoms with Gasteiger partial charge in [-0.1, -0.05) is 13.8 Å². The van der Waals surface area contributed by atoms with Crippen molar-refractivity contribution in [1.29, 1.82) is 0 Å². The molecule has 1 unspecified atom stereocenters. The van der Waals surface area contributed by atoms with E-state index in [1.165, 1.54) is 6.92 Å².